The molecular weight excluding hydrogens is 375 g/mol. The Morgan fingerprint density at radius 1 is 1.04 bits per heavy atom. The zero-order chi connectivity index (χ0) is 19.2. The van der Waals surface area contributed by atoms with Crippen LogP contribution in [0.2, 0.25) is 10.0 Å². The molecule has 0 bridgehead atoms. The number of carbonyl (C=O) groups excluding carboxylic acids is 3. The normalized spacial score (nSPS) is 14.4. The number of benzene rings is 2. The molecule has 3 amide bonds. The Morgan fingerprint density at radius 3 is 2.35 bits per heavy atom. The molecule has 1 unspecified atom stereocenters. The second kappa shape index (κ2) is 6.74. The summed E-state index contributed by atoms with van der Waals surface area (Å²) in [5.41, 5.74) is 1.65. The van der Waals surface area contributed by atoms with Crippen molar-refractivity contribution in [3.05, 3.63) is 68.7 Å². The van der Waals surface area contributed by atoms with Crippen LogP contribution in [0.25, 0.3) is 0 Å². The predicted octanol–water partition coefficient (Wildman–Crippen LogP) is 4.05. The zero-order valence-corrected chi connectivity index (χ0v) is 15.9. The van der Waals surface area contributed by atoms with Crippen LogP contribution in [-0.2, 0) is 0 Å². The molecule has 0 aromatic heterocycles. The third-order valence-electron chi connectivity index (χ3n) is 4.65. The Labute approximate surface area is 161 Å². The van der Waals surface area contributed by atoms with Crippen molar-refractivity contribution in [3.63, 3.8) is 0 Å². The summed E-state index contributed by atoms with van der Waals surface area (Å²) in [7, 11) is 3.08. The molecule has 0 saturated heterocycles. The van der Waals surface area contributed by atoms with Crippen molar-refractivity contribution in [1.29, 1.82) is 0 Å². The Hall–Kier alpha value is -2.37. The van der Waals surface area contributed by atoms with Gasteiger partial charge in [0.25, 0.3) is 17.7 Å². The monoisotopic (exact) mass is 390 g/mol. The van der Waals surface area contributed by atoms with Gasteiger partial charge in [-0.2, -0.15) is 0 Å². The fourth-order valence-corrected chi connectivity index (χ4v) is 3.49. The molecule has 7 heteroatoms. The first-order chi connectivity index (χ1) is 12.2. The second-order valence-corrected chi connectivity index (χ2v) is 7.03. The van der Waals surface area contributed by atoms with Gasteiger partial charge >= 0.3 is 0 Å². The second-order valence-electron chi connectivity index (χ2n) is 6.19. The predicted molar refractivity (Wildman–Crippen MR) is 99.8 cm³/mol. The lowest BCUT2D eigenvalue weighted by Crippen LogP contribution is -2.30. The van der Waals surface area contributed by atoms with Gasteiger partial charge in [-0.1, -0.05) is 29.3 Å². The third-order valence-corrected chi connectivity index (χ3v) is 5.21. The molecule has 0 aliphatic carbocycles. The summed E-state index contributed by atoms with van der Waals surface area (Å²) in [5.74, 6) is -1.05. The van der Waals surface area contributed by atoms with Crippen molar-refractivity contribution in [1.82, 2.24) is 9.80 Å². The van der Waals surface area contributed by atoms with Crippen LogP contribution < -0.4 is 0 Å². The maximum Gasteiger partial charge on any atom is 0.261 e. The lowest BCUT2D eigenvalue weighted by Gasteiger charge is -2.26. The molecule has 0 saturated carbocycles. The van der Waals surface area contributed by atoms with Gasteiger partial charge in [0.05, 0.1) is 17.2 Å². The highest BCUT2D eigenvalue weighted by molar-refractivity contribution is 6.35. The summed E-state index contributed by atoms with van der Waals surface area (Å²) < 4.78 is 0. The Morgan fingerprint density at radius 2 is 1.69 bits per heavy atom. The van der Waals surface area contributed by atoms with Crippen LogP contribution in [0.1, 0.15) is 49.6 Å². The van der Waals surface area contributed by atoms with E-state index in [1.165, 1.54) is 24.1 Å². The molecule has 0 fully saturated rings. The summed E-state index contributed by atoms with van der Waals surface area (Å²) in [4.78, 5) is 39.5. The van der Waals surface area contributed by atoms with Gasteiger partial charge in [0.2, 0.25) is 0 Å². The quantitative estimate of drug-likeness (QED) is 0.742. The van der Waals surface area contributed by atoms with Gasteiger partial charge in [0.1, 0.15) is 0 Å². The number of imide groups is 1. The Balaban J connectivity index is 1.90. The van der Waals surface area contributed by atoms with E-state index in [0.29, 0.717) is 21.2 Å². The zero-order valence-electron chi connectivity index (χ0n) is 14.4. The first-order valence-electron chi connectivity index (χ1n) is 7.91. The maximum atomic E-state index is 12.9. The summed E-state index contributed by atoms with van der Waals surface area (Å²) in [5, 5.41) is 0.992. The number of amides is 3. The maximum absolute atomic E-state index is 12.9. The number of hydrogen-bond acceptors (Lipinski definition) is 3. The lowest BCUT2D eigenvalue weighted by atomic mass is 10.0. The highest BCUT2D eigenvalue weighted by atomic mass is 35.5. The first kappa shape index (κ1) is 18.4. The van der Waals surface area contributed by atoms with Crippen LogP contribution >= 0.6 is 23.2 Å². The smallest absolute Gasteiger partial charge is 0.261 e. The summed E-state index contributed by atoms with van der Waals surface area (Å²) in [6.07, 6.45) is 0. The molecule has 2 aromatic carbocycles. The van der Waals surface area contributed by atoms with E-state index in [2.05, 4.69) is 0 Å². The van der Waals surface area contributed by atoms with Gasteiger partial charge in [-0.3, -0.25) is 19.3 Å². The summed E-state index contributed by atoms with van der Waals surface area (Å²) in [6, 6.07) is 9.35. The van der Waals surface area contributed by atoms with E-state index in [4.69, 9.17) is 23.2 Å². The van der Waals surface area contributed by atoms with Crippen LogP contribution in [0.4, 0.5) is 0 Å². The van der Waals surface area contributed by atoms with E-state index in [1.807, 2.05) is 6.92 Å². The summed E-state index contributed by atoms with van der Waals surface area (Å²) >= 11 is 12.2. The Bertz CT molecular complexity index is 942. The van der Waals surface area contributed by atoms with Crippen molar-refractivity contribution < 1.29 is 14.4 Å². The van der Waals surface area contributed by atoms with Gasteiger partial charge in [-0.15, -0.1) is 0 Å². The van der Waals surface area contributed by atoms with Crippen molar-refractivity contribution >= 4 is 40.9 Å². The number of rotatable bonds is 3. The van der Waals surface area contributed by atoms with Gasteiger partial charge in [-0.05, 0) is 42.8 Å². The highest BCUT2D eigenvalue weighted by Crippen LogP contribution is 2.30. The number of hydrogen-bond donors (Lipinski definition) is 0. The molecule has 26 heavy (non-hydrogen) atoms. The van der Waals surface area contributed by atoms with Crippen molar-refractivity contribution in [2.75, 3.05) is 14.1 Å². The van der Waals surface area contributed by atoms with E-state index in [0.717, 1.165) is 10.5 Å². The number of fused-ring (bicyclic) bond motifs is 1. The molecule has 0 spiro atoms. The molecule has 134 valence electrons. The average Bonchev–Trinajstić information content (AvgIpc) is 2.84. The van der Waals surface area contributed by atoms with Crippen molar-refractivity contribution in [3.8, 4) is 0 Å². The van der Waals surface area contributed by atoms with Gasteiger partial charge in [-0.25, -0.2) is 0 Å². The molecule has 2 aromatic rings. The third kappa shape index (κ3) is 2.97. The minimum atomic E-state index is -0.406. The number of carbonyl (C=O) groups is 3. The van der Waals surface area contributed by atoms with Crippen molar-refractivity contribution in [2.24, 2.45) is 0 Å². The largest absolute Gasteiger partial charge is 0.335 e. The van der Waals surface area contributed by atoms with E-state index < -0.39 is 5.91 Å². The van der Waals surface area contributed by atoms with E-state index >= 15 is 0 Å². The first-order valence-corrected chi connectivity index (χ1v) is 8.66. The van der Waals surface area contributed by atoms with E-state index in [-0.39, 0.29) is 23.4 Å². The fraction of sp³-hybridized carbons (Fsp3) is 0.211. The molecule has 1 heterocycles. The molecule has 0 radical (unpaired) electrons. The van der Waals surface area contributed by atoms with Crippen LogP contribution in [0.15, 0.2) is 36.4 Å². The minimum absolute atomic E-state index is 0.244. The van der Waals surface area contributed by atoms with Crippen LogP contribution in [0.3, 0.4) is 0 Å². The van der Waals surface area contributed by atoms with Crippen LogP contribution in [0, 0.1) is 0 Å². The van der Waals surface area contributed by atoms with Gasteiger partial charge < -0.3 is 4.90 Å². The lowest BCUT2D eigenvalue weighted by molar-refractivity contribution is 0.0692. The fourth-order valence-electron chi connectivity index (χ4n) is 2.92. The number of halogens is 2. The Kier molecular flexibility index (Phi) is 4.78. The SMILES string of the molecule is CC(c1ccc(Cl)cc1Cl)N(C)C(=O)c1ccc2c(c1)C(=O)N(C)C2=O. The molecule has 1 aliphatic rings. The topological polar surface area (TPSA) is 57.7 Å². The summed E-state index contributed by atoms with van der Waals surface area (Å²) in [6.45, 7) is 1.85. The highest BCUT2D eigenvalue weighted by Gasteiger charge is 2.33. The van der Waals surface area contributed by atoms with E-state index in [9.17, 15) is 14.4 Å². The molecule has 0 N–H and O–H groups in total. The number of nitrogens with zero attached hydrogens (tertiary/aromatic N) is 2. The van der Waals surface area contributed by atoms with Gasteiger partial charge in [0, 0.05) is 29.7 Å². The van der Waals surface area contributed by atoms with Crippen LogP contribution in [-0.4, -0.2) is 41.6 Å². The van der Waals surface area contributed by atoms with Gasteiger partial charge in [0.15, 0.2) is 0 Å². The van der Waals surface area contributed by atoms with E-state index in [1.54, 1.807) is 31.3 Å². The van der Waals surface area contributed by atoms with Crippen molar-refractivity contribution in [2.45, 2.75) is 13.0 Å². The minimum Gasteiger partial charge on any atom is -0.335 e. The average molecular weight is 391 g/mol. The molecular formula is C19H16Cl2N2O3. The molecule has 5 nitrogen and oxygen atoms in total. The molecule has 1 aliphatic heterocycles. The molecule has 3 rings (SSSR count). The standard InChI is InChI=1S/C19H16Cl2N2O3/c1-10(13-7-5-12(20)9-16(13)21)22(2)17(24)11-4-6-14-15(8-11)19(26)23(3)18(14)25/h4-10H,1-3H3. The molecule has 1 atom stereocenters. The van der Waals surface area contributed by atoms with Crippen LogP contribution in [0.5, 0.6) is 0 Å².